The normalized spacial score (nSPS) is 34.0. The molecule has 50 valence electrons. The van der Waals surface area contributed by atoms with Crippen molar-refractivity contribution in [1.82, 2.24) is 10.6 Å². The van der Waals surface area contributed by atoms with E-state index in [1.165, 1.54) is 6.92 Å². The number of hydrogen-bond donors (Lipinski definition) is 3. The molecule has 1 atom stereocenters. The van der Waals surface area contributed by atoms with Crippen LogP contribution < -0.4 is 16.4 Å². The Morgan fingerprint density at radius 1 is 1.56 bits per heavy atom. The summed E-state index contributed by atoms with van der Waals surface area (Å²) >= 11 is 0. The number of rotatable bonds is 0. The van der Waals surface area contributed by atoms with Gasteiger partial charge in [-0.15, -0.1) is 0 Å². The number of nitrogens with one attached hydrogen (secondary N) is 2. The van der Waals surface area contributed by atoms with Gasteiger partial charge in [-0.05, 0) is 6.92 Å². The fourth-order valence-corrected chi connectivity index (χ4v) is 0.557. The zero-order valence-electron chi connectivity index (χ0n) is 4.89. The lowest BCUT2D eigenvalue weighted by atomic mass is 10.2. The first-order valence-electron chi connectivity index (χ1n) is 2.45. The van der Waals surface area contributed by atoms with Gasteiger partial charge in [0.25, 0.3) is 5.91 Å². The first kappa shape index (κ1) is 6.03. The van der Waals surface area contributed by atoms with Crippen LogP contribution in [0.5, 0.6) is 0 Å². The quantitative estimate of drug-likeness (QED) is 0.348. The molecule has 0 aliphatic carbocycles. The van der Waals surface area contributed by atoms with Crippen LogP contribution in [0.4, 0.5) is 4.79 Å². The van der Waals surface area contributed by atoms with E-state index in [4.69, 9.17) is 5.73 Å². The molecule has 0 radical (unpaired) electrons. The monoisotopic (exact) mass is 129 g/mol. The summed E-state index contributed by atoms with van der Waals surface area (Å²) in [5, 5.41) is 4.21. The van der Waals surface area contributed by atoms with Crippen molar-refractivity contribution < 1.29 is 9.59 Å². The number of carbonyl (C=O) groups excluding carboxylic acids is 2. The van der Waals surface area contributed by atoms with Gasteiger partial charge in [-0.2, -0.15) is 0 Å². The van der Waals surface area contributed by atoms with Gasteiger partial charge in [0.05, 0.1) is 0 Å². The molecule has 0 saturated carbocycles. The van der Waals surface area contributed by atoms with E-state index in [1.54, 1.807) is 0 Å². The molecule has 0 spiro atoms. The molecule has 0 unspecified atom stereocenters. The summed E-state index contributed by atoms with van der Waals surface area (Å²) in [5.74, 6) is -0.493. The molecule has 1 saturated heterocycles. The Morgan fingerprint density at radius 2 is 2.11 bits per heavy atom. The second-order valence-corrected chi connectivity index (χ2v) is 2.11. The van der Waals surface area contributed by atoms with Crippen molar-refractivity contribution in [3.63, 3.8) is 0 Å². The van der Waals surface area contributed by atoms with E-state index in [0.29, 0.717) is 0 Å². The highest BCUT2D eigenvalue weighted by Crippen LogP contribution is 1.98. The van der Waals surface area contributed by atoms with Crippen molar-refractivity contribution in [3.8, 4) is 0 Å². The van der Waals surface area contributed by atoms with Gasteiger partial charge >= 0.3 is 6.03 Å². The molecular formula is C4H7N3O2. The van der Waals surface area contributed by atoms with E-state index in [9.17, 15) is 9.59 Å². The molecule has 1 heterocycles. The van der Waals surface area contributed by atoms with E-state index >= 15 is 0 Å². The van der Waals surface area contributed by atoms with Gasteiger partial charge in [0, 0.05) is 0 Å². The van der Waals surface area contributed by atoms with Gasteiger partial charge in [0.15, 0.2) is 5.66 Å². The Morgan fingerprint density at radius 3 is 2.22 bits per heavy atom. The molecular weight excluding hydrogens is 122 g/mol. The second-order valence-electron chi connectivity index (χ2n) is 2.11. The molecule has 3 amide bonds. The Labute approximate surface area is 51.6 Å². The van der Waals surface area contributed by atoms with E-state index < -0.39 is 17.6 Å². The largest absolute Gasteiger partial charge is 0.323 e. The van der Waals surface area contributed by atoms with Crippen LogP contribution in [0.15, 0.2) is 0 Å². The lowest BCUT2D eigenvalue weighted by Gasteiger charge is -2.11. The SMILES string of the molecule is C[C@]1(N)NC(=O)NC1=O. The average Bonchev–Trinajstić information content (AvgIpc) is 1.79. The van der Waals surface area contributed by atoms with Crippen LogP contribution in [0.25, 0.3) is 0 Å². The van der Waals surface area contributed by atoms with E-state index in [-0.39, 0.29) is 0 Å². The van der Waals surface area contributed by atoms with Gasteiger partial charge in [-0.3, -0.25) is 10.1 Å². The van der Waals surface area contributed by atoms with Gasteiger partial charge in [-0.1, -0.05) is 0 Å². The number of urea groups is 1. The van der Waals surface area contributed by atoms with Crippen molar-refractivity contribution in [1.29, 1.82) is 0 Å². The van der Waals surface area contributed by atoms with Crippen molar-refractivity contribution in [2.45, 2.75) is 12.6 Å². The van der Waals surface area contributed by atoms with Crippen LogP contribution in [0.3, 0.4) is 0 Å². The van der Waals surface area contributed by atoms with Crippen molar-refractivity contribution in [2.24, 2.45) is 5.73 Å². The lowest BCUT2D eigenvalue weighted by molar-refractivity contribution is -0.123. The number of imide groups is 1. The molecule has 1 rings (SSSR count). The third-order valence-corrected chi connectivity index (χ3v) is 1.07. The van der Waals surface area contributed by atoms with E-state index in [2.05, 4.69) is 5.32 Å². The minimum Gasteiger partial charge on any atom is -0.312 e. The summed E-state index contributed by atoms with van der Waals surface area (Å²) < 4.78 is 0. The summed E-state index contributed by atoms with van der Waals surface area (Å²) in [6.07, 6.45) is 0. The average molecular weight is 129 g/mol. The third kappa shape index (κ3) is 0.857. The number of carbonyl (C=O) groups is 2. The molecule has 5 heteroatoms. The van der Waals surface area contributed by atoms with Gasteiger partial charge in [0.2, 0.25) is 0 Å². The highest BCUT2D eigenvalue weighted by molar-refractivity contribution is 6.06. The lowest BCUT2D eigenvalue weighted by Crippen LogP contribution is -2.52. The topological polar surface area (TPSA) is 84.2 Å². The summed E-state index contributed by atoms with van der Waals surface area (Å²) in [6.45, 7) is 1.42. The molecule has 1 aliphatic rings. The van der Waals surface area contributed by atoms with E-state index in [1.807, 2.05) is 5.32 Å². The highest BCUT2D eigenvalue weighted by atomic mass is 16.2. The zero-order valence-corrected chi connectivity index (χ0v) is 4.89. The number of amides is 3. The van der Waals surface area contributed by atoms with Crippen LogP contribution in [-0.4, -0.2) is 17.6 Å². The number of nitrogens with two attached hydrogens (primary N) is 1. The Kier molecular flexibility index (Phi) is 0.967. The van der Waals surface area contributed by atoms with Crippen LogP contribution in [0.1, 0.15) is 6.92 Å². The predicted molar refractivity (Wildman–Crippen MR) is 29.3 cm³/mol. The minimum atomic E-state index is -1.23. The first-order valence-corrected chi connectivity index (χ1v) is 2.45. The minimum absolute atomic E-state index is 0.493. The Hall–Kier alpha value is -1.10. The number of hydrogen-bond acceptors (Lipinski definition) is 3. The molecule has 1 fully saturated rings. The zero-order chi connectivity index (χ0) is 7.07. The fourth-order valence-electron chi connectivity index (χ4n) is 0.557. The fraction of sp³-hybridized carbons (Fsp3) is 0.500. The molecule has 0 aromatic carbocycles. The molecule has 0 aromatic heterocycles. The van der Waals surface area contributed by atoms with Gasteiger partial charge < -0.3 is 11.1 Å². The van der Waals surface area contributed by atoms with E-state index in [0.717, 1.165) is 0 Å². The maximum Gasteiger partial charge on any atom is 0.323 e. The Balaban J connectivity index is 2.81. The maximum absolute atomic E-state index is 10.6. The summed E-state index contributed by atoms with van der Waals surface area (Å²) in [7, 11) is 0. The van der Waals surface area contributed by atoms with Gasteiger partial charge in [-0.25, -0.2) is 4.79 Å². The van der Waals surface area contributed by atoms with Crippen LogP contribution in [0.2, 0.25) is 0 Å². The molecule has 4 N–H and O–H groups in total. The highest BCUT2D eigenvalue weighted by Gasteiger charge is 2.37. The van der Waals surface area contributed by atoms with Crippen LogP contribution in [-0.2, 0) is 4.79 Å². The van der Waals surface area contributed by atoms with Crippen molar-refractivity contribution in [2.75, 3.05) is 0 Å². The Bertz CT molecular complexity index is 175. The third-order valence-electron chi connectivity index (χ3n) is 1.07. The summed E-state index contributed by atoms with van der Waals surface area (Å²) in [5.41, 5.74) is 4.04. The molecule has 1 aliphatic heterocycles. The predicted octanol–water partition coefficient (Wildman–Crippen LogP) is -1.50. The second kappa shape index (κ2) is 1.44. The summed E-state index contributed by atoms with van der Waals surface area (Å²) in [6, 6.07) is -0.537. The van der Waals surface area contributed by atoms with Crippen molar-refractivity contribution in [3.05, 3.63) is 0 Å². The summed E-state index contributed by atoms with van der Waals surface area (Å²) in [4.78, 5) is 20.9. The van der Waals surface area contributed by atoms with Crippen LogP contribution in [0, 0.1) is 0 Å². The van der Waals surface area contributed by atoms with Crippen LogP contribution >= 0.6 is 0 Å². The smallest absolute Gasteiger partial charge is 0.312 e. The first-order chi connectivity index (χ1) is 4.02. The molecule has 5 nitrogen and oxygen atoms in total. The maximum atomic E-state index is 10.6. The van der Waals surface area contributed by atoms with Gasteiger partial charge in [0.1, 0.15) is 0 Å². The molecule has 9 heavy (non-hydrogen) atoms. The molecule has 0 aromatic rings. The van der Waals surface area contributed by atoms with Crippen molar-refractivity contribution >= 4 is 11.9 Å². The standard InChI is InChI=1S/C4H7N3O2/c1-4(5)2(8)6-3(9)7-4/h5H2,1H3,(H2,6,7,8,9)/t4-/m0/s1. The molecule has 0 bridgehead atoms.